The predicted molar refractivity (Wildman–Crippen MR) is 44.0 cm³/mol. The molecule has 1 rings (SSSR count). The Labute approximate surface area is 75.7 Å². The second kappa shape index (κ2) is 4.30. The van der Waals surface area contributed by atoms with Crippen molar-refractivity contribution in [3.05, 3.63) is 0 Å². The molecule has 1 aliphatic rings. The van der Waals surface area contributed by atoms with E-state index < -0.39 is 21.8 Å². The lowest BCUT2D eigenvalue weighted by Gasteiger charge is -2.23. The first-order valence-electron chi connectivity index (χ1n) is 4.02. The molecule has 1 heterocycles. The van der Waals surface area contributed by atoms with Crippen LogP contribution in [0.4, 0.5) is 8.78 Å². The van der Waals surface area contributed by atoms with Crippen LogP contribution in [0.3, 0.4) is 0 Å². The normalized spacial score (nSPS) is 25.0. The fourth-order valence-corrected chi connectivity index (χ4v) is 2.00. The first kappa shape index (κ1) is 10.8. The Kier molecular flexibility index (Phi) is 3.57. The molecule has 0 radical (unpaired) electrons. The lowest BCUT2D eigenvalue weighted by molar-refractivity contribution is 0.230. The second-order valence-corrected chi connectivity index (χ2v) is 4.65. The highest BCUT2D eigenvalue weighted by molar-refractivity contribution is 7.89. The predicted octanol–water partition coefficient (Wildman–Crippen LogP) is -0.120. The molecule has 78 valence electrons. The smallest absolute Gasteiger partial charge is 0.315 e. The number of halogens is 2. The van der Waals surface area contributed by atoms with Gasteiger partial charge in [-0.15, -0.1) is 0 Å². The molecule has 4 nitrogen and oxygen atoms in total. The van der Waals surface area contributed by atoms with Gasteiger partial charge in [0, 0.05) is 12.6 Å². The standard InChI is InChI=1S/C6H12F2N2O2S/c7-6(8)13(11,12)10-5-2-1-3-9-4-5/h5-6,9-10H,1-4H2/t5-/m1/s1. The summed E-state index contributed by atoms with van der Waals surface area (Å²) in [4.78, 5) is 0. The fourth-order valence-electron chi connectivity index (χ4n) is 1.24. The zero-order valence-corrected chi connectivity index (χ0v) is 7.78. The van der Waals surface area contributed by atoms with Gasteiger partial charge in [0.1, 0.15) is 0 Å². The first-order valence-corrected chi connectivity index (χ1v) is 5.57. The highest BCUT2D eigenvalue weighted by atomic mass is 32.2. The van der Waals surface area contributed by atoms with E-state index >= 15 is 0 Å². The fraction of sp³-hybridized carbons (Fsp3) is 1.00. The zero-order valence-electron chi connectivity index (χ0n) is 6.96. The van der Waals surface area contributed by atoms with Crippen LogP contribution in [0.5, 0.6) is 0 Å². The lowest BCUT2D eigenvalue weighted by Crippen LogP contribution is -2.47. The molecule has 0 spiro atoms. The molecule has 1 fully saturated rings. The zero-order chi connectivity index (χ0) is 9.90. The number of nitrogens with one attached hydrogen (secondary N) is 2. The lowest BCUT2D eigenvalue weighted by atomic mass is 10.1. The van der Waals surface area contributed by atoms with Crippen molar-refractivity contribution >= 4 is 10.0 Å². The van der Waals surface area contributed by atoms with Gasteiger partial charge in [-0.3, -0.25) is 0 Å². The van der Waals surface area contributed by atoms with Gasteiger partial charge in [-0.1, -0.05) is 0 Å². The van der Waals surface area contributed by atoms with Crippen LogP contribution in [-0.4, -0.2) is 33.3 Å². The summed E-state index contributed by atoms with van der Waals surface area (Å²) in [6.07, 6.45) is 1.41. The molecule has 7 heteroatoms. The van der Waals surface area contributed by atoms with Crippen molar-refractivity contribution in [2.75, 3.05) is 13.1 Å². The van der Waals surface area contributed by atoms with E-state index in [1.807, 2.05) is 4.72 Å². The van der Waals surface area contributed by atoms with Crippen molar-refractivity contribution in [1.29, 1.82) is 0 Å². The van der Waals surface area contributed by atoms with Crippen LogP contribution in [0, 0.1) is 0 Å². The molecule has 0 amide bonds. The van der Waals surface area contributed by atoms with Gasteiger partial charge in [-0.25, -0.2) is 13.1 Å². The molecule has 0 aliphatic carbocycles. The monoisotopic (exact) mass is 214 g/mol. The van der Waals surface area contributed by atoms with E-state index in [0.717, 1.165) is 13.0 Å². The Morgan fingerprint density at radius 2 is 2.15 bits per heavy atom. The molecule has 13 heavy (non-hydrogen) atoms. The molecule has 1 atom stereocenters. The van der Waals surface area contributed by atoms with Gasteiger partial charge in [0.2, 0.25) is 0 Å². The molecule has 0 aromatic carbocycles. The van der Waals surface area contributed by atoms with Crippen LogP contribution in [0.2, 0.25) is 0 Å². The van der Waals surface area contributed by atoms with Crippen LogP contribution < -0.4 is 10.0 Å². The van der Waals surface area contributed by atoms with E-state index in [0.29, 0.717) is 13.0 Å². The molecule has 1 aliphatic heterocycles. The average Bonchev–Trinajstić information content (AvgIpc) is 2.05. The number of piperidine rings is 1. The minimum atomic E-state index is -4.42. The molecule has 0 aromatic rings. The van der Waals surface area contributed by atoms with Crippen molar-refractivity contribution in [2.45, 2.75) is 24.6 Å². The third-order valence-electron chi connectivity index (χ3n) is 1.86. The first-order chi connectivity index (χ1) is 6.02. The Balaban J connectivity index is 2.47. The quantitative estimate of drug-likeness (QED) is 0.688. The van der Waals surface area contributed by atoms with E-state index in [-0.39, 0.29) is 0 Å². The number of hydrogen-bond donors (Lipinski definition) is 2. The molecule has 0 aromatic heterocycles. The summed E-state index contributed by atoms with van der Waals surface area (Å²) in [5.74, 6) is -3.34. The molecular formula is C6H12F2N2O2S. The SMILES string of the molecule is O=S(=O)(N[C@@H]1CCCNC1)C(F)F. The average molecular weight is 214 g/mol. The Morgan fingerprint density at radius 1 is 1.46 bits per heavy atom. The van der Waals surface area contributed by atoms with Crippen molar-refractivity contribution in [3.63, 3.8) is 0 Å². The van der Waals surface area contributed by atoms with Crippen molar-refractivity contribution in [2.24, 2.45) is 0 Å². The minimum Gasteiger partial charge on any atom is -0.315 e. The molecular weight excluding hydrogens is 202 g/mol. The van der Waals surface area contributed by atoms with E-state index in [1.165, 1.54) is 0 Å². The van der Waals surface area contributed by atoms with Crippen molar-refractivity contribution in [1.82, 2.24) is 10.0 Å². The van der Waals surface area contributed by atoms with Gasteiger partial charge in [0.25, 0.3) is 10.0 Å². The van der Waals surface area contributed by atoms with E-state index in [4.69, 9.17) is 0 Å². The summed E-state index contributed by atoms with van der Waals surface area (Å²) >= 11 is 0. The highest BCUT2D eigenvalue weighted by Crippen LogP contribution is 2.07. The topological polar surface area (TPSA) is 58.2 Å². The summed E-state index contributed by atoms with van der Waals surface area (Å²) in [6.45, 7) is 1.23. The van der Waals surface area contributed by atoms with Gasteiger partial charge < -0.3 is 5.32 Å². The summed E-state index contributed by atoms with van der Waals surface area (Å²) in [5.41, 5.74) is 0. The second-order valence-electron chi connectivity index (χ2n) is 2.97. The summed E-state index contributed by atoms with van der Waals surface area (Å²) in [6, 6.07) is -0.396. The Bertz CT molecular complexity index is 249. The van der Waals surface area contributed by atoms with Crippen LogP contribution in [0.1, 0.15) is 12.8 Å². The van der Waals surface area contributed by atoms with Gasteiger partial charge in [0.15, 0.2) is 0 Å². The van der Waals surface area contributed by atoms with Gasteiger partial charge >= 0.3 is 5.76 Å². The third-order valence-corrected chi connectivity index (χ3v) is 2.99. The van der Waals surface area contributed by atoms with Crippen molar-refractivity contribution in [3.8, 4) is 0 Å². The van der Waals surface area contributed by atoms with E-state index in [1.54, 1.807) is 0 Å². The van der Waals surface area contributed by atoms with Crippen molar-refractivity contribution < 1.29 is 17.2 Å². The van der Waals surface area contributed by atoms with Crippen LogP contribution in [0.15, 0.2) is 0 Å². The van der Waals surface area contributed by atoms with Gasteiger partial charge in [-0.05, 0) is 19.4 Å². The van der Waals surface area contributed by atoms with Crippen LogP contribution in [0.25, 0.3) is 0 Å². The van der Waals surface area contributed by atoms with Gasteiger partial charge in [0.05, 0.1) is 0 Å². The van der Waals surface area contributed by atoms with E-state index in [9.17, 15) is 17.2 Å². The maximum absolute atomic E-state index is 11.9. The highest BCUT2D eigenvalue weighted by Gasteiger charge is 2.27. The van der Waals surface area contributed by atoms with Crippen LogP contribution >= 0.6 is 0 Å². The molecule has 0 bridgehead atoms. The number of alkyl halides is 2. The molecule has 0 unspecified atom stereocenters. The minimum absolute atomic E-state index is 0.396. The number of sulfonamides is 1. The Hall–Kier alpha value is -0.270. The summed E-state index contributed by atoms with van der Waals surface area (Å²) in [5, 5.41) is 2.92. The van der Waals surface area contributed by atoms with Gasteiger partial charge in [-0.2, -0.15) is 8.78 Å². The number of hydrogen-bond acceptors (Lipinski definition) is 3. The van der Waals surface area contributed by atoms with Crippen LogP contribution in [-0.2, 0) is 10.0 Å². The molecule has 0 saturated carbocycles. The third kappa shape index (κ3) is 3.17. The maximum Gasteiger partial charge on any atom is 0.350 e. The maximum atomic E-state index is 11.9. The largest absolute Gasteiger partial charge is 0.350 e. The molecule has 1 saturated heterocycles. The Morgan fingerprint density at radius 3 is 2.62 bits per heavy atom. The summed E-state index contributed by atoms with van der Waals surface area (Å²) in [7, 11) is -4.42. The molecule has 2 N–H and O–H groups in total. The summed E-state index contributed by atoms with van der Waals surface area (Å²) < 4.78 is 47.2. The number of rotatable bonds is 3. The van der Waals surface area contributed by atoms with E-state index in [2.05, 4.69) is 5.32 Å².